The van der Waals surface area contributed by atoms with E-state index < -0.39 is 5.97 Å². The van der Waals surface area contributed by atoms with Crippen LogP contribution in [0.2, 0.25) is 0 Å². The standard InChI is InChI=1S/C7H12N2O2S/c1-3-4-8-7(12)9(2)5-6(10)11/h3H,1,4-5H2,2H3,(H,8,12)(H,10,11). The highest BCUT2D eigenvalue weighted by Crippen LogP contribution is 1.84. The number of nitrogens with zero attached hydrogens (tertiary/aromatic N) is 1. The van der Waals surface area contributed by atoms with Gasteiger partial charge in [0, 0.05) is 13.6 Å². The number of nitrogens with one attached hydrogen (secondary N) is 1. The first-order valence-corrected chi connectivity index (χ1v) is 3.80. The summed E-state index contributed by atoms with van der Waals surface area (Å²) in [4.78, 5) is 11.7. The number of carboxylic acids is 1. The van der Waals surface area contributed by atoms with Gasteiger partial charge in [-0.25, -0.2) is 0 Å². The van der Waals surface area contributed by atoms with E-state index in [2.05, 4.69) is 11.9 Å². The average Bonchev–Trinajstić information content (AvgIpc) is 1.98. The summed E-state index contributed by atoms with van der Waals surface area (Å²) in [6, 6.07) is 0. The Kier molecular flexibility index (Phi) is 5.03. The normalized spacial score (nSPS) is 8.75. The van der Waals surface area contributed by atoms with Gasteiger partial charge in [0.05, 0.1) is 0 Å². The predicted octanol–water partition coefficient (Wildman–Crippen LogP) is 0.0633. The van der Waals surface area contributed by atoms with E-state index in [1.807, 2.05) is 0 Å². The molecular weight excluding hydrogens is 176 g/mol. The van der Waals surface area contributed by atoms with Crippen LogP contribution < -0.4 is 5.32 Å². The lowest BCUT2D eigenvalue weighted by molar-refractivity contribution is -0.137. The van der Waals surface area contributed by atoms with Crippen LogP contribution in [-0.4, -0.2) is 41.2 Å². The van der Waals surface area contributed by atoms with Crippen LogP contribution in [-0.2, 0) is 4.79 Å². The summed E-state index contributed by atoms with van der Waals surface area (Å²) in [5, 5.41) is 11.6. The summed E-state index contributed by atoms with van der Waals surface area (Å²) in [5.74, 6) is -0.903. The fourth-order valence-corrected chi connectivity index (χ4v) is 0.717. The van der Waals surface area contributed by atoms with Gasteiger partial charge < -0.3 is 15.3 Å². The monoisotopic (exact) mass is 188 g/mol. The number of carboxylic acid groups (broad SMARTS) is 1. The van der Waals surface area contributed by atoms with Crippen LogP contribution in [0.5, 0.6) is 0 Å². The van der Waals surface area contributed by atoms with Gasteiger partial charge in [-0.15, -0.1) is 6.58 Å². The number of likely N-dealkylation sites (N-methyl/N-ethyl adjacent to an activating group) is 1. The summed E-state index contributed by atoms with van der Waals surface area (Å²) >= 11 is 4.86. The molecule has 0 amide bonds. The zero-order valence-electron chi connectivity index (χ0n) is 6.91. The van der Waals surface area contributed by atoms with E-state index >= 15 is 0 Å². The lowest BCUT2D eigenvalue weighted by atomic mass is 10.5. The minimum absolute atomic E-state index is 0.0943. The van der Waals surface area contributed by atoms with Crippen molar-refractivity contribution < 1.29 is 9.90 Å². The topological polar surface area (TPSA) is 52.6 Å². The van der Waals surface area contributed by atoms with Crippen LogP contribution in [0, 0.1) is 0 Å². The predicted molar refractivity (Wildman–Crippen MR) is 51.1 cm³/mol. The zero-order chi connectivity index (χ0) is 9.56. The highest BCUT2D eigenvalue weighted by molar-refractivity contribution is 7.80. The van der Waals surface area contributed by atoms with Crippen molar-refractivity contribution in [2.24, 2.45) is 0 Å². The smallest absolute Gasteiger partial charge is 0.323 e. The third-order valence-corrected chi connectivity index (χ3v) is 1.57. The largest absolute Gasteiger partial charge is 0.480 e. The number of rotatable bonds is 4. The van der Waals surface area contributed by atoms with Gasteiger partial charge in [-0.3, -0.25) is 4.79 Å². The molecule has 0 fully saturated rings. The first-order chi connectivity index (χ1) is 5.57. The van der Waals surface area contributed by atoms with Crippen molar-refractivity contribution >= 4 is 23.3 Å². The molecule has 4 nitrogen and oxygen atoms in total. The van der Waals surface area contributed by atoms with Crippen molar-refractivity contribution in [3.63, 3.8) is 0 Å². The van der Waals surface area contributed by atoms with E-state index in [0.717, 1.165) is 0 Å². The minimum Gasteiger partial charge on any atom is -0.480 e. The van der Waals surface area contributed by atoms with Crippen molar-refractivity contribution in [3.05, 3.63) is 12.7 Å². The van der Waals surface area contributed by atoms with Crippen molar-refractivity contribution in [3.8, 4) is 0 Å². The van der Waals surface area contributed by atoms with Gasteiger partial charge in [0.25, 0.3) is 0 Å². The Labute approximate surface area is 76.9 Å². The fourth-order valence-electron chi connectivity index (χ4n) is 0.569. The summed E-state index contributed by atoms with van der Waals surface area (Å²) in [6.45, 7) is 3.95. The Morgan fingerprint density at radius 3 is 2.83 bits per heavy atom. The zero-order valence-corrected chi connectivity index (χ0v) is 7.73. The maximum absolute atomic E-state index is 10.2. The summed E-state index contributed by atoms with van der Waals surface area (Å²) in [7, 11) is 1.62. The first-order valence-electron chi connectivity index (χ1n) is 3.39. The Hall–Kier alpha value is -1.10. The quantitative estimate of drug-likeness (QED) is 0.483. The van der Waals surface area contributed by atoms with E-state index in [1.165, 1.54) is 4.90 Å². The molecule has 0 aromatic carbocycles. The van der Waals surface area contributed by atoms with E-state index in [0.29, 0.717) is 11.7 Å². The Morgan fingerprint density at radius 2 is 2.42 bits per heavy atom. The van der Waals surface area contributed by atoms with Gasteiger partial charge in [0.2, 0.25) is 0 Å². The SMILES string of the molecule is C=CCNC(=S)N(C)CC(=O)O. The van der Waals surface area contributed by atoms with Gasteiger partial charge in [-0.05, 0) is 12.2 Å². The van der Waals surface area contributed by atoms with Crippen LogP contribution >= 0.6 is 12.2 Å². The molecule has 0 atom stereocenters. The van der Waals surface area contributed by atoms with Crippen molar-refractivity contribution in [2.75, 3.05) is 20.1 Å². The van der Waals surface area contributed by atoms with Crippen molar-refractivity contribution in [2.45, 2.75) is 0 Å². The maximum Gasteiger partial charge on any atom is 0.323 e. The van der Waals surface area contributed by atoms with E-state index in [9.17, 15) is 4.79 Å². The third-order valence-electron chi connectivity index (χ3n) is 1.12. The van der Waals surface area contributed by atoms with Gasteiger partial charge in [0.1, 0.15) is 6.54 Å². The van der Waals surface area contributed by atoms with Crippen LogP contribution in [0.25, 0.3) is 0 Å². The second-order valence-electron chi connectivity index (χ2n) is 2.22. The molecule has 0 saturated heterocycles. The van der Waals surface area contributed by atoms with Gasteiger partial charge in [-0.1, -0.05) is 6.08 Å². The molecule has 0 heterocycles. The number of hydrogen-bond donors (Lipinski definition) is 2. The molecule has 5 heteroatoms. The Morgan fingerprint density at radius 1 is 1.83 bits per heavy atom. The number of aliphatic carboxylic acids is 1. The average molecular weight is 188 g/mol. The van der Waals surface area contributed by atoms with E-state index in [-0.39, 0.29) is 6.54 Å². The third kappa shape index (κ3) is 4.68. The summed E-state index contributed by atoms with van der Waals surface area (Å²) in [6.07, 6.45) is 1.65. The Balaban J connectivity index is 3.76. The molecule has 0 unspecified atom stereocenters. The van der Waals surface area contributed by atoms with Crippen LogP contribution in [0.4, 0.5) is 0 Å². The number of hydrogen-bond acceptors (Lipinski definition) is 2. The summed E-state index contributed by atoms with van der Waals surface area (Å²) in [5.41, 5.74) is 0. The molecule has 0 spiro atoms. The second kappa shape index (κ2) is 5.54. The van der Waals surface area contributed by atoms with Gasteiger partial charge >= 0.3 is 5.97 Å². The highest BCUT2D eigenvalue weighted by atomic mass is 32.1. The maximum atomic E-state index is 10.2. The molecule has 0 aliphatic rings. The van der Waals surface area contributed by atoms with Crippen molar-refractivity contribution in [1.29, 1.82) is 0 Å². The molecule has 68 valence electrons. The lowest BCUT2D eigenvalue weighted by Gasteiger charge is -2.17. The molecule has 0 saturated carbocycles. The second-order valence-corrected chi connectivity index (χ2v) is 2.61. The first kappa shape index (κ1) is 10.9. The Bertz CT molecular complexity index is 194. The number of thiocarbonyl (C=S) groups is 1. The molecule has 0 rings (SSSR count). The molecule has 0 bridgehead atoms. The van der Waals surface area contributed by atoms with E-state index in [4.69, 9.17) is 17.3 Å². The fraction of sp³-hybridized carbons (Fsp3) is 0.429. The molecular formula is C7H12N2O2S. The molecule has 0 radical (unpaired) electrons. The molecule has 0 aliphatic heterocycles. The minimum atomic E-state index is -0.903. The highest BCUT2D eigenvalue weighted by Gasteiger charge is 2.06. The number of carbonyl (C=O) groups is 1. The molecule has 12 heavy (non-hydrogen) atoms. The van der Waals surface area contributed by atoms with E-state index in [1.54, 1.807) is 13.1 Å². The molecule has 0 aromatic rings. The lowest BCUT2D eigenvalue weighted by Crippen LogP contribution is -2.39. The summed E-state index contributed by atoms with van der Waals surface area (Å²) < 4.78 is 0. The van der Waals surface area contributed by atoms with Gasteiger partial charge in [-0.2, -0.15) is 0 Å². The molecule has 2 N–H and O–H groups in total. The van der Waals surface area contributed by atoms with Gasteiger partial charge in [0.15, 0.2) is 5.11 Å². The van der Waals surface area contributed by atoms with Crippen molar-refractivity contribution in [1.82, 2.24) is 10.2 Å². The van der Waals surface area contributed by atoms with Crippen LogP contribution in [0.1, 0.15) is 0 Å². The van der Waals surface area contributed by atoms with Crippen LogP contribution in [0.3, 0.4) is 0 Å². The molecule has 0 aliphatic carbocycles. The van der Waals surface area contributed by atoms with Crippen LogP contribution in [0.15, 0.2) is 12.7 Å². The molecule has 0 aromatic heterocycles.